The molecule has 0 aliphatic carbocycles. The molecule has 0 bridgehead atoms. The number of rotatable bonds is 6. The van der Waals surface area contributed by atoms with Crippen LogP contribution in [0, 0.1) is 6.92 Å². The van der Waals surface area contributed by atoms with E-state index in [0.29, 0.717) is 24.7 Å². The van der Waals surface area contributed by atoms with Gasteiger partial charge in [-0.15, -0.1) is 0 Å². The molecular formula is C15H27N5O. The maximum absolute atomic E-state index is 12.2. The predicted octanol–water partition coefficient (Wildman–Crippen LogP) is 1.80. The molecule has 1 rings (SSSR count). The number of hydrogen-bond donors (Lipinski definition) is 1. The molecule has 0 aliphatic rings. The normalized spacial score (nSPS) is 10.8. The first-order chi connectivity index (χ1) is 9.81. The van der Waals surface area contributed by atoms with E-state index in [4.69, 9.17) is 5.73 Å². The quantitative estimate of drug-likeness (QED) is 0.865. The van der Waals surface area contributed by atoms with Crippen molar-refractivity contribution < 1.29 is 4.79 Å². The van der Waals surface area contributed by atoms with Crippen LogP contribution >= 0.6 is 0 Å². The third-order valence-corrected chi connectivity index (χ3v) is 3.54. The fourth-order valence-corrected chi connectivity index (χ4v) is 2.12. The van der Waals surface area contributed by atoms with Crippen LogP contribution in [0.1, 0.15) is 45.0 Å². The third-order valence-electron chi connectivity index (χ3n) is 3.54. The Balaban J connectivity index is 3.01. The van der Waals surface area contributed by atoms with E-state index < -0.39 is 0 Å². The van der Waals surface area contributed by atoms with Crippen LogP contribution in [0.2, 0.25) is 0 Å². The highest BCUT2D eigenvalue weighted by atomic mass is 16.2. The van der Waals surface area contributed by atoms with E-state index >= 15 is 0 Å². The molecule has 1 heterocycles. The molecule has 6 heteroatoms. The van der Waals surface area contributed by atoms with E-state index in [9.17, 15) is 4.79 Å². The van der Waals surface area contributed by atoms with E-state index in [0.717, 1.165) is 11.4 Å². The van der Waals surface area contributed by atoms with Crippen LogP contribution < -0.4 is 10.6 Å². The van der Waals surface area contributed by atoms with Gasteiger partial charge in [-0.2, -0.15) is 0 Å². The lowest BCUT2D eigenvalue weighted by Gasteiger charge is -2.25. The van der Waals surface area contributed by atoms with Crippen molar-refractivity contribution in [2.24, 2.45) is 0 Å². The van der Waals surface area contributed by atoms with Crippen LogP contribution in [-0.4, -0.2) is 47.5 Å². The van der Waals surface area contributed by atoms with Gasteiger partial charge in [0.25, 0.3) is 0 Å². The molecule has 0 atom stereocenters. The first-order valence-corrected chi connectivity index (χ1v) is 7.44. The van der Waals surface area contributed by atoms with E-state index in [1.807, 2.05) is 46.6 Å². The molecule has 118 valence electrons. The number of nitrogens with zero attached hydrogens (tertiary/aromatic N) is 4. The average molecular weight is 293 g/mol. The Morgan fingerprint density at radius 2 is 1.81 bits per heavy atom. The molecule has 2 N–H and O–H groups in total. The molecule has 0 fully saturated rings. The van der Waals surface area contributed by atoms with Crippen molar-refractivity contribution in [1.29, 1.82) is 0 Å². The highest BCUT2D eigenvalue weighted by Gasteiger charge is 2.18. The zero-order valence-electron chi connectivity index (χ0n) is 14.0. The summed E-state index contributed by atoms with van der Waals surface area (Å²) in [5, 5.41) is 0. The minimum absolute atomic E-state index is 0.0881. The zero-order valence-corrected chi connectivity index (χ0v) is 14.0. The first kappa shape index (κ1) is 17.2. The van der Waals surface area contributed by atoms with Crippen molar-refractivity contribution in [3.8, 4) is 0 Å². The summed E-state index contributed by atoms with van der Waals surface area (Å²) in [4.78, 5) is 24.7. The van der Waals surface area contributed by atoms with Gasteiger partial charge in [0.2, 0.25) is 5.91 Å². The second kappa shape index (κ2) is 7.24. The lowest BCUT2D eigenvalue weighted by atomic mass is 10.2. The molecule has 21 heavy (non-hydrogen) atoms. The summed E-state index contributed by atoms with van der Waals surface area (Å²) in [6.07, 6.45) is 0. The number of carbonyl (C=O) groups excluding carboxylic acids is 1. The standard InChI is InChI=1S/C15H27N5O/c1-7-20(8-2)12(21)9-19(6)15-11(5)13(16)17-14(18-15)10(3)4/h10H,7-9H2,1-6H3,(H2,16,17,18). The number of hydrogen-bond acceptors (Lipinski definition) is 5. The van der Waals surface area contributed by atoms with Crippen molar-refractivity contribution in [2.45, 2.75) is 40.5 Å². The summed E-state index contributed by atoms with van der Waals surface area (Å²) in [5.74, 6) is 2.19. The van der Waals surface area contributed by atoms with Crippen molar-refractivity contribution >= 4 is 17.5 Å². The summed E-state index contributed by atoms with van der Waals surface area (Å²) in [7, 11) is 1.86. The van der Waals surface area contributed by atoms with Crippen molar-refractivity contribution in [1.82, 2.24) is 14.9 Å². The minimum Gasteiger partial charge on any atom is -0.383 e. The smallest absolute Gasteiger partial charge is 0.242 e. The van der Waals surface area contributed by atoms with E-state index in [-0.39, 0.29) is 18.4 Å². The van der Waals surface area contributed by atoms with Gasteiger partial charge >= 0.3 is 0 Å². The van der Waals surface area contributed by atoms with Gasteiger partial charge in [-0.25, -0.2) is 9.97 Å². The van der Waals surface area contributed by atoms with E-state index in [1.54, 1.807) is 4.90 Å². The van der Waals surface area contributed by atoms with Crippen LogP contribution in [0.4, 0.5) is 11.6 Å². The van der Waals surface area contributed by atoms with Gasteiger partial charge in [-0.05, 0) is 20.8 Å². The molecule has 0 unspecified atom stereocenters. The number of likely N-dealkylation sites (N-methyl/N-ethyl adjacent to an activating group) is 2. The largest absolute Gasteiger partial charge is 0.383 e. The third kappa shape index (κ3) is 4.06. The number of aromatic nitrogens is 2. The number of carbonyl (C=O) groups is 1. The van der Waals surface area contributed by atoms with Crippen LogP contribution in [0.15, 0.2) is 0 Å². The molecule has 0 aromatic carbocycles. The molecule has 1 aromatic rings. The maximum Gasteiger partial charge on any atom is 0.242 e. The molecule has 1 aromatic heterocycles. The van der Waals surface area contributed by atoms with Gasteiger partial charge in [0.1, 0.15) is 17.5 Å². The van der Waals surface area contributed by atoms with Crippen molar-refractivity contribution in [3.05, 3.63) is 11.4 Å². The van der Waals surface area contributed by atoms with Gasteiger partial charge in [-0.1, -0.05) is 13.8 Å². The fourth-order valence-electron chi connectivity index (χ4n) is 2.12. The molecule has 0 aliphatic heterocycles. The minimum atomic E-state index is 0.0881. The molecule has 6 nitrogen and oxygen atoms in total. The Bertz CT molecular complexity index is 497. The zero-order chi connectivity index (χ0) is 16.2. The summed E-state index contributed by atoms with van der Waals surface area (Å²) in [6.45, 7) is 11.6. The van der Waals surface area contributed by atoms with E-state index in [2.05, 4.69) is 9.97 Å². The highest BCUT2D eigenvalue weighted by Crippen LogP contribution is 2.23. The molecule has 0 radical (unpaired) electrons. The van der Waals surface area contributed by atoms with Gasteiger partial charge in [0.05, 0.1) is 6.54 Å². The van der Waals surface area contributed by atoms with Crippen molar-refractivity contribution in [3.63, 3.8) is 0 Å². The Morgan fingerprint density at radius 1 is 1.24 bits per heavy atom. The second-order valence-electron chi connectivity index (χ2n) is 5.49. The van der Waals surface area contributed by atoms with Gasteiger partial charge in [0.15, 0.2) is 0 Å². The molecular weight excluding hydrogens is 266 g/mol. The Kier molecular flexibility index (Phi) is 5.93. The molecule has 1 amide bonds. The lowest BCUT2D eigenvalue weighted by Crippen LogP contribution is -2.39. The van der Waals surface area contributed by atoms with Crippen LogP contribution in [0.3, 0.4) is 0 Å². The molecule has 0 saturated carbocycles. The second-order valence-corrected chi connectivity index (χ2v) is 5.49. The average Bonchev–Trinajstić information content (AvgIpc) is 2.42. The lowest BCUT2D eigenvalue weighted by molar-refractivity contribution is -0.129. The number of nitrogens with two attached hydrogens (primary N) is 1. The van der Waals surface area contributed by atoms with Crippen LogP contribution in [0.5, 0.6) is 0 Å². The van der Waals surface area contributed by atoms with Crippen molar-refractivity contribution in [2.75, 3.05) is 37.3 Å². The number of nitrogen functional groups attached to an aromatic ring is 1. The topological polar surface area (TPSA) is 75.4 Å². The van der Waals surface area contributed by atoms with E-state index in [1.165, 1.54) is 0 Å². The van der Waals surface area contributed by atoms with Crippen LogP contribution in [0.25, 0.3) is 0 Å². The fraction of sp³-hybridized carbons (Fsp3) is 0.667. The van der Waals surface area contributed by atoms with Gasteiger partial charge in [-0.3, -0.25) is 4.79 Å². The molecule has 0 saturated heterocycles. The highest BCUT2D eigenvalue weighted by molar-refractivity contribution is 5.81. The maximum atomic E-state index is 12.2. The Morgan fingerprint density at radius 3 is 2.29 bits per heavy atom. The summed E-state index contributed by atoms with van der Waals surface area (Å²) in [5.41, 5.74) is 6.78. The summed E-state index contributed by atoms with van der Waals surface area (Å²) < 4.78 is 0. The van der Waals surface area contributed by atoms with Gasteiger partial charge < -0.3 is 15.5 Å². The van der Waals surface area contributed by atoms with Gasteiger partial charge in [0, 0.05) is 31.6 Å². The Labute approximate surface area is 127 Å². The number of amides is 1. The van der Waals surface area contributed by atoms with Crippen LogP contribution in [-0.2, 0) is 4.79 Å². The first-order valence-electron chi connectivity index (χ1n) is 7.44. The summed E-state index contributed by atoms with van der Waals surface area (Å²) in [6, 6.07) is 0. The Hall–Kier alpha value is -1.85. The monoisotopic (exact) mass is 293 g/mol. The number of anilines is 2. The predicted molar refractivity (Wildman–Crippen MR) is 86.5 cm³/mol. The SMILES string of the molecule is CCN(CC)C(=O)CN(C)c1nc(C(C)C)nc(N)c1C. The summed E-state index contributed by atoms with van der Waals surface area (Å²) >= 11 is 0. The molecule has 0 spiro atoms.